The standard InChI is InChI=1S/C25H20ClF2N7O2/c1-13-4-17(10-29-9-13)35-24(36)31-23(30-22-7-16-11-33(3)32-21(16)8-18(22)26)34(25(35)37)12-15-6-20(28)19(27)5-14(15)2/h4-11H,12H2,1-3H3,(H,30,31,36). The normalized spacial score (nSPS) is 11.3. The van der Waals surface area contributed by atoms with Crippen molar-refractivity contribution in [1.82, 2.24) is 28.9 Å². The van der Waals surface area contributed by atoms with Crippen molar-refractivity contribution in [3.63, 3.8) is 0 Å². The van der Waals surface area contributed by atoms with Gasteiger partial charge in [-0.1, -0.05) is 11.6 Å². The number of aryl methyl sites for hydroxylation is 3. The molecule has 0 spiro atoms. The van der Waals surface area contributed by atoms with Crippen molar-refractivity contribution < 1.29 is 8.78 Å². The largest absolute Gasteiger partial charge is 0.359 e. The van der Waals surface area contributed by atoms with E-state index in [-0.39, 0.29) is 23.2 Å². The number of rotatable bonds is 5. The summed E-state index contributed by atoms with van der Waals surface area (Å²) in [7, 11) is 1.77. The third kappa shape index (κ3) is 4.60. The van der Waals surface area contributed by atoms with Crippen LogP contribution in [0.5, 0.6) is 0 Å². The molecule has 0 atom stereocenters. The van der Waals surface area contributed by atoms with E-state index in [0.29, 0.717) is 22.3 Å². The molecule has 12 heteroatoms. The minimum absolute atomic E-state index is 0.124. The lowest BCUT2D eigenvalue weighted by molar-refractivity contribution is 0.504. The quantitative estimate of drug-likeness (QED) is 0.373. The van der Waals surface area contributed by atoms with Crippen LogP contribution in [0, 0.1) is 25.5 Å². The van der Waals surface area contributed by atoms with Gasteiger partial charge in [0, 0.05) is 24.8 Å². The molecule has 0 unspecified atom stereocenters. The maximum absolute atomic E-state index is 14.1. The first-order chi connectivity index (χ1) is 17.6. The number of fused-ring (bicyclic) bond motifs is 1. The third-order valence-electron chi connectivity index (χ3n) is 5.85. The van der Waals surface area contributed by atoms with Gasteiger partial charge in [-0.2, -0.15) is 10.1 Å². The Kier molecular flexibility index (Phi) is 6.08. The summed E-state index contributed by atoms with van der Waals surface area (Å²) in [4.78, 5) is 34.9. The molecule has 0 amide bonds. The van der Waals surface area contributed by atoms with Crippen molar-refractivity contribution in [3.8, 4) is 5.69 Å². The molecule has 2 aromatic carbocycles. The van der Waals surface area contributed by atoms with Crippen LogP contribution in [-0.2, 0) is 13.6 Å². The van der Waals surface area contributed by atoms with E-state index in [1.165, 1.54) is 6.20 Å². The maximum Gasteiger partial charge on any atom is 0.359 e. The van der Waals surface area contributed by atoms with Gasteiger partial charge in [0.2, 0.25) is 5.95 Å². The number of nitrogens with zero attached hydrogens (tertiary/aromatic N) is 6. The predicted molar refractivity (Wildman–Crippen MR) is 136 cm³/mol. The Morgan fingerprint density at radius 1 is 1.03 bits per heavy atom. The van der Waals surface area contributed by atoms with Crippen LogP contribution in [0.15, 0.2) is 58.5 Å². The Labute approximate surface area is 213 Å². The Balaban J connectivity index is 1.70. The van der Waals surface area contributed by atoms with Crippen molar-refractivity contribution >= 4 is 34.1 Å². The average molecular weight is 524 g/mol. The van der Waals surface area contributed by atoms with E-state index >= 15 is 0 Å². The monoisotopic (exact) mass is 523 g/mol. The number of aromatic nitrogens is 6. The van der Waals surface area contributed by atoms with Gasteiger partial charge in [-0.25, -0.2) is 22.9 Å². The van der Waals surface area contributed by atoms with E-state index in [1.807, 2.05) is 0 Å². The molecule has 3 heterocycles. The van der Waals surface area contributed by atoms with Crippen LogP contribution < -0.4 is 16.7 Å². The smallest absolute Gasteiger partial charge is 0.324 e. The third-order valence-corrected chi connectivity index (χ3v) is 6.16. The van der Waals surface area contributed by atoms with Crippen molar-refractivity contribution in [2.75, 3.05) is 5.32 Å². The molecule has 5 aromatic rings. The molecule has 1 N–H and O–H groups in total. The van der Waals surface area contributed by atoms with Gasteiger partial charge in [0.25, 0.3) is 0 Å². The first kappa shape index (κ1) is 24.3. The van der Waals surface area contributed by atoms with Crippen LogP contribution in [0.1, 0.15) is 16.7 Å². The topological polar surface area (TPSA) is 99.6 Å². The molecule has 5 rings (SSSR count). The highest BCUT2D eigenvalue weighted by Gasteiger charge is 2.19. The highest BCUT2D eigenvalue weighted by atomic mass is 35.5. The van der Waals surface area contributed by atoms with Gasteiger partial charge in [-0.05, 0) is 60.9 Å². The van der Waals surface area contributed by atoms with Crippen molar-refractivity contribution in [1.29, 1.82) is 0 Å². The summed E-state index contributed by atoms with van der Waals surface area (Å²) in [6.07, 6.45) is 4.73. The van der Waals surface area contributed by atoms with Gasteiger partial charge in [0.05, 0.1) is 34.7 Å². The first-order valence-corrected chi connectivity index (χ1v) is 11.5. The SMILES string of the molecule is Cc1cncc(-n2c(=O)nc(Nc3cc4cn(C)nc4cc3Cl)n(Cc3cc(F)c(F)cc3C)c2=O)c1. The van der Waals surface area contributed by atoms with Crippen molar-refractivity contribution in [2.45, 2.75) is 20.4 Å². The lowest BCUT2D eigenvalue weighted by atomic mass is 10.1. The highest BCUT2D eigenvalue weighted by molar-refractivity contribution is 6.34. The van der Waals surface area contributed by atoms with E-state index in [0.717, 1.165) is 32.2 Å². The van der Waals surface area contributed by atoms with Crippen LogP contribution in [0.4, 0.5) is 20.4 Å². The Morgan fingerprint density at radius 2 is 1.78 bits per heavy atom. The zero-order valence-corrected chi connectivity index (χ0v) is 20.7. The fraction of sp³-hybridized carbons (Fsp3) is 0.160. The average Bonchev–Trinajstić information content (AvgIpc) is 3.18. The van der Waals surface area contributed by atoms with E-state index < -0.39 is 23.0 Å². The highest BCUT2D eigenvalue weighted by Crippen LogP contribution is 2.29. The van der Waals surface area contributed by atoms with Crippen LogP contribution >= 0.6 is 11.6 Å². The summed E-state index contributed by atoms with van der Waals surface area (Å²) in [5.41, 5.74) is 1.12. The number of benzene rings is 2. The van der Waals surface area contributed by atoms with E-state index in [4.69, 9.17) is 11.6 Å². The van der Waals surface area contributed by atoms with E-state index in [1.54, 1.807) is 56.2 Å². The Bertz CT molecular complexity index is 1810. The fourth-order valence-corrected chi connectivity index (χ4v) is 4.23. The molecule has 0 bridgehead atoms. The van der Waals surface area contributed by atoms with Crippen LogP contribution in [0.3, 0.4) is 0 Å². The summed E-state index contributed by atoms with van der Waals surface area (Å²) >= 11 is 6.45. The molecule has 0 radical (unpaired) electrons. The van der Waals surface area contributed by atoms with Crippen molar-refractivity contribution in [2.24, 2.45) is 7.05 Å². The summed E-state index contributed by atoms with van der Waals surface area (Å²) in [6.45, 7) is 3.16. The lowest BCUT2D eigenvalue weighted by Gasteiger charge is -2.17. The Morgan fingerprint density at radius 3 is 2.54 bits per heavy atom. The van der Waals surface area contributed by atoms with Gasteiger partial charge < -0.3 is 5.32 Å². The fourth-order valence-electron chi connectivity index (χ4n) is 4.03. The number of nitrogens with one attached hydrogen (secondary N) is 1. The Hall–Kier alpha value is -4.38. The summed E-state index contributed by atoms with van der Waals surface area (Å²) in [6, 6.07) is 7.02. The molecular weight excluding hydrogens is 504 g/mol. The first-order valence-electron chi connectivity index (χ1n) is 11.1. The van der Waals surface area contributed by atoms with Crippen LogP contribution in [0.2, 0.25) is 5.02 Å². The van der Waals surface area contributed by atoms with Crippen molar-refractivity contribution in [3.05, 3.63) is 103 Å². The molecule has 9 nitrogen and oxygen atoms in total. The molecule has 0 saturated carbocycles. The van der Waals surface area contributed by atoms with Crippen LogP contribution in [0.25, 0.3) is 16.6 Å². The molecule has 0 saturated heterocycles. The second-order valence-electron chi connectivity index (χ2n) is 8.65. The summed E-state index contributed by atoms with van der Waals surface area (Å²) in [5.74, 6) is -2.18. The van der Waals surface area contributed by atoms with E-state index in [2.05, 4.69) is 20.4 Å². The van der Waals surface area contributed by atoms with Gasteiger partial charge >= 0.3 is 11.4 Å². The lowest BCUT2D eigenvalue weighted by Crippen LogP contribution is -2.42. The molecular formula is C25H20ClF2N7O2. The molecule has 0 fully saturated rings. The predicted octanol–water partition coefficient (Wildman–Crippen LogP) is 4.02. The molecule has 0 aliphatic carbocycles. The minimum atomic E-state index is -1.06. The molecule has 188 valence electrons. The molecule has 0 aliphatic rings. The van der Waals surface area contributed by atoms with Crippen LogP contribution in [-0.4, -0.2) is 28.9 Å². The number of hydrogen-bond donors (Lipinski definition) is 1. The number of pyridine rings is 1. The number of hydrogen-bond acceptors (Lipinski definition) is 6. The zero-order chi connectivity index (χ0) is 26.4. The minimum Gasteiger partial charge on any atom is -0.324 e. The second kappa shape index (κ2) is 9.25. The van der Waals surface area contributed by atoms with Gasteiger partial charge in [-0.3, -0.25) is 14.2 Å². The maximum atomic E-state index is 14.1. The zero-order valence-electron chi connectivity index (χ0n) is 20.0. The molecule has 3 aromatic heterocycles. The number of anilines is 2. The molecule has 37 heavy (non-hydrogen) atoms. The number of halogens is 3. The second-order valence-corrected chi connectivity index (χ2v) is 9.06. The molecule has 0 aliphatic heterocycles. The summed E-state index contributed by atoms with van der Waals surface area (Å²) < 4.78 is 31.5. The van der Waals surface area contributed by atoms with E-state index in [9.17, 15) is 18.4 Å². The summed E-state index contributed by atoms with van der Waals surface area (Å²) in [5, 5.41) is 8.32. The van der Waals surface area contributed by atoms with Gasteiger partial charge in [0.1, 0.15) is 0 Å². The van der Waals surface area contributed by atoms with Gasteiger partial charge in [-0.15, -0.1) is 0 Å². The van der Waals surface area contributed by atoms with Gasteiger partial charge in [0.15, 0.2) is 11.6 Å².